The number of hydrogen-bond acceptors (Lipinski definition) is 1. The van der Waals surface area contributed by atoms with E-state index in [1.165, 1.54) is 5.56 Å². The zero-order valence-electron chi connectivity index (χ0n) is 11.1. The lowest BCUT2D eigenvalue weighted by molar-refractivity contribution is 0.508. The van der Waals surface area contributed by atoms with Gasteiger partial charge >= 0.3 is 0 Å². The molecule has 1 aromatic carbocycles. The Morgan fingerprint density at radius 2 is 1.94 bits per heavy atom. The third kappa shape index (κ3) is 3.64. The van der Waals surface area contributed by atoms with Crippen molar-refractivity contribution < 1.29 is 0 Å². The highest BCUT2D eigenvalue weighted by molar-refractivity contribution is 6.30. The second-order valence-corrected chi connectivity index (χ2v) is 6.29. The number of nitrogens with two attached hydrogens (primary N) is 1. The second kappa shape index (κ2) is 4.81. The molecule has 2 atom stereocenters. The number of aliphatic imine (C=N–C) groups is 1. The summed E-state index contributed by atoms with van der Waals surface area (Å²) in [7, 11) is 0. The van der Waals surface area contributed by atoms with Crippen molar-refractivity contribution in [1.82, 2.24) is 5.32 Å². The van der Waals surface area contributed by atoms with Crippen LogP contribution in [-0.4, -0.2) is 17.5 Å². The molecule has 0 amide bonds. The Morgan fingerprint density at radius 1 is 1.33 bits per heavy atom. The van der Waals surface area contributed by atoms with E-state index in [2.05, 4.69) is 43.2 Å². The maximum absolute atomic E-state index is 5.88. The molecule has 1 aromatic rings. The van der Waals surface area contributed by atoms with Gasteiger partial charge in [0.25, 0.3) is 0 Å². The summed E-state index contributed by atoms with van der Waals surface area (Å²) in [5, 5.41) is 3.95. The standard InChI is InChI=1S/C14H20ClN3/c1-14(2,3)18-13(16)17-12-8-11(12)9-4-6-10(15)7-5-9/h4-7,11-12H,8H2,1-3H3,(H3,16,17,18)/t11-,12+/m0/s1. The average Bonchev–Trinajstić information content (AvgIpc) is 2.95. The third-order valence-corrected chi connectivity index (χ3v) is 3.11. The topological polar surface area (TPSA) is 50.4 Å². The number of guanidine groups is 1. The molecule has 1 aliphatic rings. The van der Waals surface area contributed by atoms with Crippen LogP contribution in [0.2, 0.25) is 5.02 Å². The normalized spacial score (nSPS) is 23.9. The largest absolute Gasteiger partial charge is 0.370 e. The van der Waals surface area contributed by atoms with E-state index in [0.717, 1.165) is 11.4 Å². The molecule has 4 heteroatoms. The van der Waals surface area contributed by atoms with Gasteiger partial charge in [-0.3, -0.25) is 0 Å². The predicted molar refractivity (Wildman–Crippen MR) is 77.1 cm³/mol. The lowest BCUT2D eigenvalue weighted by atomic mass is 10.1. The van der Waals surface area contributed by atoms with E-state index >= 15 is 0 Å². The van der Waals surface area contributed by atoms with E-state index in [0.29, 0.717) is 17.9 Å². The molecule has 1 saturated carbocycles. The van der Waals surface area contributed by atoms with E-state index in [1.807, 2.05) is 12.1 Å². The quantitative estimate of drug-likeness (QED) is 0.638. The first-order valence-corrected chi connectivity index (χ1v) is 6.60. The van der Waals surface area contributed by atoms with Gasteiger partial charge in [0, 0.05) is 16.5 Å². The summed E-state index contributed by atoms with van der Waals surface area (Å²) in [5.74, 6) is 1.02. The van der Waals surface area contributed by atoms with Gasteiger partial charge in [0.05, 0.1) is 6.04 Å². The second-order valence-electron chi connectivity index (χ2n) is 5.85. The highest BCUT2D eigenvalue weighted by Gasteiger charge is 2.38. The first-order valence-electron chi connectivity index (χ1n) is 6.22. The molecule has 0 unspecified atom stereocenters. The van der Waals surface area contributed by atoms with Gasteiger partial charge in [-0.25, -0.2) is 4.99 Å². The summed E-state index contributed by atoms with van der Waals surface area (Å²) >= 11 is 5.87. The van der Waals surface area contributed by atoms with E-state index < -0.39 is 0 Å². The lowest BCUT2D eigenvalue weighted by Crippen LogP contribution is -2.45. The van der Waals surface area contributed by atoms with Gasteiger partial charge in [-0.05, 0) is 44.9 Å². The molecule has 0 radical (unpaired) electrons. The molecule has 3 nitrogen and oxygen atoms in total. The summed E-state index contributed by atoms with van der Waals surface area (Å²) in [6, 6.07) is 8.28. The molecule has 98 valence electrons. The minimum Gasteiger partial charge on any atom is -0.370 e. The van der Waals surface area contributed by atoms with Crippen LogP contribution in [0.3, 0.4) is 0 Å². The Balaban J connectivity index is 1.95. The van der Waals surface area contributed by atoms with Crippen molar-refractivity contribution >= 4 is 17.6 Å². The molecule has 1 fully saturated rings. The van der Waals surface area contributed by atoms with E-state index in [-0.39, 0.29) is 5.54 Å². The van der Waals surface area contributed by atoms with E-state index in [4.69, 9.17) is 17.3 Å². The molecule has 3 N–H and O–H groups in total. The first-order chi connectivity index (χ1) is 8.35. The summed E-state index contributed by atoms with van der Waals surface area (Å²) in [6.07, 6.45) is 1.06. The third-order valence-electron chi connectivity index (χ3n) is 2.86. The van der Waals surface area contributed by atoms with Crippen LogP contribution in [0.1, 0.15) is 38.7 Å². The maximum Gasteiger partial charge on any atom is 0.189 e. The minimum absolute atomic E-state index is 0.0434. The van der Waals surface area contributed by atoms with Crippen molar-refractivity contribution in [2.24, 2.45) is 10.7 Å². The highest BCUT2D eigenvalue weighted by atomic mass is 35.5. The molecule has 0 bridgehead atoms. The average molecular weight is 266 g/mol. The molecule has 0 aromatic heterocycles. The molecule has 0 aliphatic heterocycles. The molecule has 1 aliphatic carbocycles. The van der Waals surface area contributed by atoms with Crippen LogP contribution >= 0.6 is 11.6 Å². The molecular weight excluding hydrogens is 246 g/mol. The fourth-order valence-corrected chi connectivity index (χ4v) is 2.11. The van der Waals surface area contributed by atoms with Gasteiger partial charge in [0.1, 0.15) is 0 Å². The molecule has 0 spiro atoms. The number of benzene rings is 1. The fourth-order valence-electron chi connectivity index (χ4n) is 1.99. The minimum atomic E-state index is -0.0434. The number of halogens is 1. The molecule has 0 heterocycles. The smallest absolute Gasteiger partial charge is 0.189 e. The van der Waals surface area contributed by atoms with Gasteiger partial charge in [0.15, 0.2) is 5.96 Å². The van der Waals surface area contributed by atoms with Gasteiger partial charge < -0.3 is 11.1 Å². The van der Waals surface area contributed by atoms with Crippen LogP contribution < -0.4 is 11.1 Å². The van der Waals surface area contributed by atoms with E-state index in [9.17, 15) is 0 Å². The Hall–Kier alpha value is -1.22. The van der Waals surface area contributed by atoms with Crippen LogP contribution in [0.25, 0.3) is 0 Å². The number of nitrogens with zero attached hydrogens (tertiary/aromatic N) is 1. The van der Waals surface area contributed by atoms with Crippen molar-refractivity contribution in [3.63, 3.8) is 0 Å². The highest BCUT2D eigenvalue weighted by Crippen LogP contribution is 2.43. The van der Waals surface area contributed by atoms with Gasteiger partial charge in [-0.1, -0.05) is 23.7 Å². The maximum atomic E-state index is 5.88. The van der Waals surface area contributed by atoms with Crippen LogP contribution in [0.15, 0.2) is 29.3 Å². The molecule has 0 saturated heterocycles. The Kier molecular flexibility index (Phi) is 3.53. The van der Waals surface area contributed by atoms with E-state index in [1.54, 1.807) is 0 Å². The van der Waals surface area contributed by atoms with Crippen LogP contribution in [-0.2, 0) is 0 Å². The fraction of sp³-hybridized carbons (Fsp3) is 0.500. The Labute approximate surface area is 113 Å². The van der Waals surface area contributed by atoms with Gasteiger partial charge in [-0.15, -0.1) is 0 Å². The Morgan fingerprint density at radius 3 is 2.50 bits per heavy atom. The van der Waals surface area contributed by atoms with Crippen molar-refractivity contribution in [2.75, 3.05) is 0 Å². The molecule has 2 rings (SSSR count). The van der Waals surface area contributed by atoms with Gasteiger partial charge in [0.2, 0.25) is 0 Å². The SMILES string of the molecule is CC(C)(C)NC(N)=N[C@@H]1C[C@H]1c1ccc(Cl)cc1. The van der Waals surface area contributed by atoms with Crippen molar-refractivity contribution in [2.45, 2.75) is 44.7 Å². The van der Waals surface area contributed by atoms with Crippen LogP contribution in [0.4, 0.5) is 0 Å². The first kappa shape index (κ1) is 13.2. The predicted octanol–water partition coefficient (Wildman–Crippen LogP) is 2.90. The Bertz CT molecular complexity index is 445. The van der Waals surface area contributed by atoms with Crippen molar-refractivity contribution in [1.29, 1.82) is 0 Å². The summed E-state index contributed by atoms with van der Waals surface area (Å²) in [4.78, 5) is 4.50. The van der Waals surface area contributed by atoms with Crippen molar-refractivity contribution in [3.8, 4) is 0 Å². The van der Waals surface area contributed by atoms with Crippen LogP contribution in [0, 0.1) is 0 Å². The lowest BCUT2D eigenvalue weighted by Gasteiger charge is -2.21. The van der Waals surface area contributed by atoms with Crippen molar-refractivity contribution in [3.05, 3.63) is 34.9 Å². The summed E-state index contributed by atoms with van der Waals surface area (Å²) in [5.41, 5.74) is 7.13. The monoisotopic (exact) mass is 265 g/mol. The number of hydrogen-bond donors (Lipinski definition) is 2. The molecular formula is C14H20ClN3. The summed E-state index contributed by atoms with van der Waals surface area (Å²) < 4.78 is 0. The number of rotatable bonds is 2. The van der Waals surface area contributed by atoms with Crippen LogP contribution in [0.5, 0.6) is 0 Å². The molecule has 18 heavy (non-hydrogen) atoms. The number of nitrogens with one attached hydrogen (secondary N) is 1. The summed E-state index contributed by atoms with van der Waals surface area (Å²) in [6.45, 7) is 6.21. The zero-order valence-corrected chi connectivity index (χ0v) is 11.8. The van der Waals surface area contributed by atoms with Gasteiger partial charge in [-0.2, -0.15) is 0 Å². The zero-order chi connectivity index (χ0) is 13.3.